The molecule has 0 spiro atoms. The highest BCUT2D eigenvalue weighted by molar-refractivity contribution is 8.22. The molecule has 2 aromatic rings. The molecule has 26 heavy (non-hydrogen) atoms. The summed E-state index contributed by atoms with van der Waals surface area (Å²) >= 11 is 19.2. The molecule has 0 aliphatic carbocycles. The molecule has 0 radical (unpaired) electrons. The Balaban J connectivity index is 2.29. The topological polar surface area (TPSA) is 29.5 Å². The predicted octanol–water partition coefficient (Wildman–Crippen LogP) is 6.21. The zero-order valence-electron chi connectivity index (χ0n) is 14.4. The maximum Gasteiger partial charge on any atom is 0.341 e. The molecule has 1 atom stereocenters. The fourth-order valence-electron chi connectivity index (χ4n) is 2.25. The summed E-state index contributed by atoms with van der Waals surface area (Å²) in [5.74, 6) is -0.518. The third-order valence-electron chi connectivity index (χ3n) is 3.70. The number of thioether (sulfide) groups is 1. The molecule has 0 N–H and O–H groups in total. The van der Waals surface area contributed by atoms with Crippen molar-refractivity contribution in [2.75, 3.05) is 13.1 Å². The first kappa shape index (κ1) is 21.0. The molecule has 0 unspecified atom stereocenters. The van der Waals surface area contributed by atoms with Crippen molar-refractivity contribution in [2.45, 2.75) is 19.3 Å². The highest BCUT2D eigenvalue weighted by atomic mass is 35.5. The number of carbonyl (C=O) groups excluding carboxylic acids is 1. The number of nitrogens with zero attached hydrogens (tertiary/aromatic N) is 1. The zero-order valence-corrected chi connectivity index (χ0v) is 17.6. The Morgan fingerprint density at radius 1 is 1.08 bits per heavy atom. The van der Waals surface area contributed by atoms with Crippen molar-refractivity contribution < 1.29 is 9.53 Å². The Kier molecular flexibility index (Phi) is 8.22. The Labute approximate surface area is 173 Å². The number of halogens is 2. The first-order valence-corrected chi connectivity index (χ1v) is 10.2. The number of hydrogen-bond acceptors (Lipinski definition) is 4. The van der Waals surface area contributed by atoms with Crippen LogP contribution in [0.25, 0.3) is 0 Å². The monoisotopic (exact) mass is 427 g/mol. The van der Waals surface area contributed by atoms with E-state index in [-0.39, 0.29) is 0 Å². The summed E-state index contributed by atoms with van der Waals surface area (Å²) in [7, 11) is 0. The van der Waals surface area contributed by atoms with Gasteiger partial charge in [0, 0.05) is 23.7 Å². The van der Waals surface area contributed by atoms with Crippen LogP contribution in [0.2, 0.25) is 10.0 Å². The van der Waals surface area contributed by atoms with E-state index < -0.39 is 11.4 Å². The Morgan fingerprint density at radius 2 is 1.65 bits per heavy atom. The number of esters is 1. The van der Waals surface area contributed by atoms with Gasteiger partial charge in [-0.25, -0.2) is 4.79 Å². The zero-order chi connectivity index (χ0) is 19.1. The lowest BCUT2D eigenvalue weighted by molar-refractivity contribution is 0.0459. The molecule has 2 aromatic carbocycles. The average molecular weight is 428 g/mol. The Hall–Kier alpha value is -1.27. The second-order valence-electron chi connectivity index (χ2n) is 5.29. The molecule has 0 aromatic heterocycles. The van der Waals surface area contributed by atoms with E-state index in [0.29, 0.717) is 25.5 Å². The molecular formula is C19H19Cl2NO2S2. The maximum atomic E-state index is 12.6. The molecule has 0 amide bonds. The number of carbonyl (C=O) groups is 1. The molecule has 0 heterocycles. The van der Waals surface area contributed by atoms with Crippen LogP contribution in [0.15, 0.2) is 48.5 Å². The van der Waals surface area contributed by atoms with Crippen LogP contribution in [-0.2, 0) is 4.74 Å². The normalized spacial score (nSPS) is 11.7. The van der Waals surface area contributed by atoms with Crippen LogP contribution in [0.3, 0.4) is 0 Å². The van der Waals surface area contributed by atoms with Gasteiger partial charge >= 0.3 is 5.97 Å². The van der Waals surface area contributed by atoms with Gasteiger partial charge in [0.1, 0.15) is 4.32 Å². The van der Waals surface area contributed by atoms with Gasteiger partial charge in [-0.1, -0.05) is 65.8 Å². The van der Waals surface area contributed by atoms with Crippen molar-refractivity contribution in [1.29, 1.82) is 0 Å². The minimum Gasteiger partial charge on any atom is -0.442 e. The van der Waals surface area contributed by atoms with Gasteiger partial charge in [0.15, 0.2) is 5.44 Å². The SMILES string of the molecule is CCN(CC)C(=S)S[C@@H](OC(=O)c1ccccc1Cl)c1ccccc1Cl. The fraction of sp³-hybridized carbons (Fsp3) is 0.263. The molecular weight excluding hydrogens is 409 g/mol. The van der Waals surface area contributed by atoms with Crippen molar-refractivity contribution >= 4 is 57.5 Å². The van der Waals surface area contributed by atoms with Gasteiger partial charge in [-0.3, -0.25) is 0 Å². The van der Waals surface area contributed by atoms with Crippen molar-refractivity contribution in [3.05, 3.63) is 69.7 Å². The van der Waals surface area contributed by atoms with E-state index in [1.54, 1.807) is 30.3 Å². The fourth-order valence-corrected chi connectivity index (χ4v) is 4.34. The molecule has 7 heteroatoms. The van der Waals surface area contributed by atoms with E-state index in [9.17, 15) is 4.79 Å². The van der Waals surface area contributed by atoms with Gasteiger partial charge in [-0.2, -0.15) is 0 Å². The van der Waals surface area contributed by atoms with E-state index >= 15 is 0 Å². The minimum atomic E-state index is -0.666. The Morgan fingerprint density at radius 3 is 2.23 bits per heavy atom. The van der Waals surface area contributed by atoms with E-state index in [0.717, 1.165) is 13.1 Å². The van der Waals surface area contributed by atoms with E-state index in [1.807, 2.05) is 36.9 Å². The van der Waals surface area contributed by atoms with Crippen LogP contribution in [-0.4, -0.2) is 28.3 Å². The first-order chi connectivity index (χ1) is 12.5. The molecule has 2 rings (SSSR count). The van der Waals surface area contributed by atoms with Crippen LogP contribution in [0.1, 0.15) is 35.2 Å². The lowest BCUT2D eigenvalue weighted by Crippen LogP contribution is -2.28. The molecule has 0 fully saturated rings. The molecule has 0 aliphatic heterocycles. The van der Waals surface area contributed by atoms with Crippen molar-refractivity contribution in [3.8, 4) is 0 Å². The standard InChI is InChI=1S/C19H19Cl2NO2S2/c1-3-22(4-2)19(25)26-18(14-10-6-8-12-16(14)21)24-17(23)13-9-5-7-11-15(13)20/h5-12,18H,3-4H2,1-2H3/t18-/m1/s1. The van der Waals surface area contributed by atoms with Crippen molar-refractivity contribution in [2.24, 2.45) is 0 Å². The highest BCUT2D eigenvalue weighted by Gasteiger charge is 2.25. The third kappa shape index (κ3) is 5.36. The number of ether oxygens (including phenoxy) is 1. The maximum absolute atomic E-state index is 12.6. The molecule has 138 valence electrons. The highest BCUT2D eigenvalue weighted by Crippen LogP contribution is 2.37. The Bertz CT molecular complexity index is 782. The average Bonchev–Trinajstić information content (AvgIpc) is 2.63. The second-order valence-corrected chi connectivity index (χ2v) is 7.80. The van der Waals surface area contributed by atoms with Gasteiger partial charge < -0.3 is 9.64 Å². The van der Waals surface area contributed by atoms with Crippen LogP contribution in [0, 0.1) is 0 Å². The molecule has 0 aliphatic rings. The molecule has 3 nitrogen and oxygen atoms in total. The van der Waals surface area contributed by atoms with Gasteiger partial charge in [-0.15, -0.1) is 0 Å². The van der Waals surface area contributed by atoms with Gasteiger partial charge in [-0.05, 0) is 43.8 Å². The largest absolute Gasteiger partial charge is 0.442 e. The third-order valence-corrected chi connectivity index (χ3v) is 5.94. The summed E-state index contributed by atoms with van der Waals surface area (Å²) in [6, 6.07) is 14.0. The summed E-state index contributed by atoms with van der Waals surface area (Å²) in [6.07, 6.45) is 0. The molecule has 0 saturated carbocycles. The number of rotatable bonds is 6. The summed E-state index contributed by atoms with van der Waals surface area (Å²) in [5, 5.41) is 0.853. The second kappa shape index (κ2) is 10.2. The van der Waals surface area contributed by atoms with E-state index in [2.05, 4.69) is 0 Å². The first-order valence-electron chi connectivity index (χ1n) is 8.13. The molecule has 0 saturated heterocycles. The van der Waals surface area contributed by atoms with Gasteiger partial charge in [0.25, 0.3) is 0 Å². The predicted molar refractivity (Wildman–Crippen MR) is 114 cm³/mol. The minimum absolute atomic E-state index is 0.306. The van der Waals surface area contributed by atoms with Gasteiger partial charge in [0.2, 0.25) is 0 Å². The van der Waals surface area contributed by atoms with Gasteiger partial charge in [0.05, 0.1) is 10.6 Å². The van der Waals surface area contributed by atoms with Crippen molar-refractivity contribution in [3.63, 3.8) is 0 Å². The quantitative estimate of drug-likeness (QED) is 0.310. The van der Waals surface area contributed by atoms with Crippen LogP contribution >= 0.6 is 47.2 Å². The number of benzene rings is 2. The van der Waals surface area contributed by atoms with E-state index in [4.69, 9.17) is 40.2 Å². The van der Waals surface area contributed by atoms with Crippen LogP contribution < -0.4 is 0 Å². The lowest BCUT2D eigenvalue weighted by Gasteiger charge is -2.25. The smallest absolute Gasteiger partial charge is 0.341 e. The van der Waals surface area contributed by atoms with Crippen LogP contribution in [0.4, 0.5) is 0 Å². The van der Waals surface area contributed by atoms with Crippen molar-refractivity contribution in [1.82, 2.24) is 4.90 Å². The summed E-state index contributed by atoms with van der Waals surface area (Å²) in [4.78, 5) is 14.7. The molecule has 0 bridgehead atoms. The number of thiocarbonyl (C=S) groups is 1. The lowest BCUT2D eigenvalue weighted by atomic mass is 10.2. The van der Waals surface area contributed by atoms with Crippen LogP contribution in [0.5, 0.6) is 0 Å². The number of hydrogen-bond donors (Lipinski definition) is 0. The van der Waals surface area contributed by atoms with E-state index in [1.165, 1.54) is 11.8 Å². The summed E-state index contributed by atoms with van der Waals surface area (Å²) in [6.45, 7) is 5.60. The summed E-state index contributed by atoms with van der Waals surface area (Å²) in [5.41, 5.74) is 0.329. The summed E-state index contributed by atoms with van der Waals surface area (Å²) < 4.78 is 6.38.